The van der Waals surface area contributed by atoms with Crippen molar-refractivity contribution in [2.24, 2.45) is 0 Å². The second-order valence-corrected chi connectivity index (χ2v) is 12.0. The fraction of sp³-hybridized carbons (Fsp3) is 0.222. The van der Waals surface area contributed by atoms with E-state index in [-0.39, 0.29) is 25.4 Å². The average molecular weight is 620 g/mol. The van der Waals surface area contributed by atoms with Gasteiger partial charge in [0.25, 0.3) is 5.91 Å². The number of carbonyl (C=O) groups is 1. The normalized spacial score (nSPS) is 13.0. The second kappa shape index (κ2) is 13.4. The van der Waals surface area contributed by atoms with E-state index in [1.165, 1.54) is 22.5 Å². The largest absolute Gasteiger partial charge is 0.454 e. The summed E-state index contributed by atoms with van der Waals surface area (Å²) in [5.41, 5.74) is 5.08. The first-order valence-electron chi connectivity index (χ1n) is 15.0. The van der Waals surface area contributed by atoms with Gasteiger partial charge in [0.2, 0.25) is 13.6 Å². The van der Waals surface area contributed by atoms with Crippen LogP contribution >= 0.6 is 11.3 Å². The van der Waals surface area contributed by atoms with Gasteiger partial charge in [-0.3, -0.25) is 9.69 Å². The van der Waals surface area contributed by atoms with Crippen molar-refractivity contribution in [3.63, 3.8) is 0 Å². The molecule has 4 aromatic carbocycles. The van der Waals surface area contributed by atoms with E-state index >= 15 is 0 Å². The van der Waals surface area contributed by atoms with Crippen LogP contribution in [0, 0.1) is 0 Å². The maximum absolute atomic E-state index is 13.0. The number of benzene rings is 4. The monoisotopic (exact) mass is 619 g/mol. The highest BCUT2D eigenvalue weighted by Gasteiger charge is 2.20. The molecule has 8 nitrogen and oxygen atoms in total. The summed E-state index contributed by atoms with van der Waals surface area (Å²) in [6.07, 6.45) is 0.923. The molecule has 0 radical (unpaired) electrons. The van der Waals surface area contributed by atoms with E-state index in [1.807, 2.05) is 29.6 Å². The number of nitrogens with one attached hydrogen (secondary N) is 1. The summed E-state index contributed by atoms with van der Waals surface area (Å²) >= 11 is 1.51. The summed E-state index contributed by atoms with van der Waals surface area (Å²) in [6, 6.07) is 33.1. The molecule has 1 amide bonds. The average Bonchev–Trinajstić information content (AvgIpc) is 3.86. The molecule has 0 bridgehead atoms. The second-order valence-electron chi connectivity index (χ2n) is 11.1. The number of rotatable bonds is 12. The highest BCUT2D eigenvalue weighted by atomic mass is 32.1. The van der Waals surface area contributed by atoms with E-state index in [0.717, 1.165) is 46.3 Å². The summed E-state index contributed by atoms with van der Waals surface area (Å²) in [5, 5.41) is 5.70. The number of hydrogen-bond donors (Lipinski definition) is 1. The Morgan fingerprint density at radius 3 is 2.02 bits per heavy atom. The molecule has 0 unspecified atom stereocenters. The van der Waals surface area contributed by atoms with E-state index in [2.05, 4.69) is 83.0 Å². The zero-order chi connectivity index (χ0) is 30.4. The standard InChI is InChI=1S/C36H33N3O5S/c40-36(37-19-25-11-13-31-33(17-25)43-23-41-31)30-22-45-35(38-30)21-39(20-26-12-14-32-34(18-26)44-24-42-32)16-15-29(27-7-3-1-4-8-27)28-9-5-2-6-10-28/h1-14,17-18,22,29H,15-16,19-21,23-24H2,(H,37,40). The van der Waals surface area contributed by atoms with Gasteiger partial charge in [0.1, 0.15) is 10.7 Å². The first-order chi connectivity index (χ1) is 22.2. The van der Waals surface area contributed by atoms with Gasteiger partial charge in [-0.15, -0.1) is 11.3 Å². The smallest absolute Gasteiger partial charge is 0.271 e. The molecule has 0 spiro atoms. The lowest BCUT2D eigenvalue weighted by molar-refractivity contribution is 0.0946. The topological polar surface area (TPSA) is 82.2 Å². The Balaban J connectivity index is 1.06. The van der Waals surface area contributed by atoms with Crippen molar-refractivity contribution in [2.45, 2.75) is 32.0 Å². The van der Waals surface area contributed by atoms with E-state index < -0.39 is 0 Å². The van der Waals surface area contributed by atoms with Gasteiger partial charge < -0.3 is 24.3 Å². The van der Waals surface area contributed by atoms with Crippen molar-refractivity contribution < 1.29 is 23.7 Å². The van der Waals surface area contributed by atoms with Gasteiger partial charge in [0, 0.05) is 24.4 Å². The molecule has 2 aliphatic heterocycles. The Kier molecular flexibility index (Phi) is 8.61. The lowest BCUT2D eigenvalue weighted by Crippen LogP contribution is -2.26. The number of nitrogens with zero attached hydrogens (tertiary/aromatic N) is 2. The van der Waals surface area contributed by atoms with Gasteiger partial charge in [-0.05, 0) is 59.5 Å². The van der Waals surface area contributed by atoms with Gasteiger partial charge in [0.15, 0.2) is 23.0 Å². The highest BCUT2D eigenvalue weighted by molar-refractivity contribution is 7.09. The van der Waals surface area contributed by atoms with Crippen molar-refractivity contribution in [2.75, 3.05) is 20.1 Å². The molecule has 45 heavy (non-hydrogen) atoms. The van der Waals surface area contributed by atoms with Crippen LogP contribution in [0.5, 0.6) is 23.0 Å². The molecular formula is C36H33N3O5S. The van der Waals surface area contributed by atoms with Crippen LogP contribution in [0.1, 0.15) is 50.1 Å². The Bertz CT molecular complexity index is 1720. The molecule has 228 valence electrons. The fourth-order valence-electron chi connectivity index (χ4n) is 5.72. The minimum atomic E-state index is -0.203. The first kappa shape index (κ1) is 28.9. The van der Waals surface area contributed by atoms with Crippen LogP contribution in [0.2, 0.25) is 0 Å². The maximum atomic E-state index is 13.0. The molecule has 0 saturated carbocycles. The molecule has 1 N–H and O–H groups in total. The molecule has 5 aromatic rings. The summed E-state index contributed by atoms with van der Waals surface area (Å²) in [7, 11) is 0. The van der Waals surface area contributed by atoms with E-state index in [0.29, 0.717) is 31.1 Å². The predicted molar refractivity (Wildman–Crippen MR) is 172 cm³/mol. The third-order valence-electron chi connectivity index (χ3n) is 8.01. The number of carbonyl (C=O) groups excluding carboxylic acids is 1. The number of hydrogen-bond acceptors (Lipinski definition) is 8. The number of aromatic nitrogens is 1. The van der Waals surface area contributed by atoms with Gasteiger partial charge in [-0.1, -0.05) is 72.8 Å². The van der Waals surface area contributed by atoms with Gasteiger partial charge >= 0.3 is 0 Å². The van der Waals surface area contributed by atoms with Crippen molar-refractivity contribution in [3.05, 3.63) is 135 Å². The quantitative estimate of drug-likeness (QED) is 0.165. The number of fused-ring (bicyclic) bond motifs is 2. The Morgan fingerprint density at radius 2 is 1.36 bits per heavy atom. The van der Waals surface area contributed by atoms with Crippen molar-refractivity contribution in [1.82, 2.24) is 15.2 Å². The van der Waals surface area contributed by atoms with E-state index in [1.54, 1.807) is 0 Å². The molecule has 2 aliphatic rings. The van der Waals surface area contributed by atoms with Crippen molar-refractivity contribution >= 4 is 17.2 Å². The summed E-state index contributed by atoms with van der Waals surface area (Å²) < 4.78 is 22.0. The Labute approximate surface area is 266 Å². The molecule has 1 aromatic heterocycles. The molecule has 0 aliphatic carbocycles. The van der Waals surface area contributed by atoms with Gasteiger partial charge in [-0.2, -0.15) is 0 Å². The maximum Gasteiger partial charge on any atom is 0.271 e. The molecule has 7 rings (SSSR count). The van der Waals surface area contributed by atoms with Crippen LogP contribution in [0.25, 0.3) is 0 Å². The molecule has 0 fully saturated rings. The highest BCUT2D eigenvalue weighted by Crippen LogP contribution is 2.34. The fourth-order valence-corrected chi connectivity index (χ4v) is 6.54. The molecular weight excluding hydrogens is 586 g/mol. The Hall–Kier alpha value is -4.86. The minimum absolute atomic E-state index is 0.203. The third-order valence-corrected chi connectivity index (χ3v) is 8.85. The molecule has 3 heterocycles. The Morgan fingerprint density at radius 1 is 0.756 bits per heavy atom. The molecule has 0 saturated heterocycles. The van der Waals surface area contributed by atoms with E-state index in [4.69, 9.17) is 23.9 Å². The molecule has 9 heteroatoms. The number of ether oxygens (including phenoxy) is 4. The first-order valence-corrected chi connectivity index (χ1v) is 15.9. The zero-order valence-corrected chi connectivity index (χ0v) is 25.5. The van der Waals surface area contributed by atoms with Crippen LogP contribution in [-0.2, 0) is 19.6 Å². The van der Waals surface area contributed by atoms with Crippen LogP contribution in [0.3, 0.4) is 0 Å². The lowest BCUT2D eigenvalue weighted by Gasteiger charge is -2.25. The SMILES string of the molecule is O=C(NCc1ccc2c(c1)OCO2)c1csc(CN(CCC(c2ccccc2)c2ccccc2)Cc2ccc3c(c2)OCO3)n1. The van der Waals surface area contributed by atoms with Crippen LogP contribution in [0.4, 0.5) is 0 Å². The van der Waals surface area contributed by atoms with Gasteiger partial charge in [-0.25, -0.2) is 4.98 Å². The minimum Gasteiger partial charge on any atom is -0.454 e. The summed E-state index contributed by atoms with van der Waals surface area (Å²) in [6.45, 7) is 2.99. The lowest BCUT2D eigenvalue weighted by atomic mass is 9.88. The predicted octanol–water partition coefficient (Wildman–Crippen LogP) is 6.75. The van der Waals surface area contributed by atoms with Crippen molar-refractivity contribution in [3.8, 4) is 23.0 Å². The van der Waals surface area contributed by atoms with Crippen LogP contribution in [0.15, 0.2) is 102 Å². The van der Waals surface area contributed by atoms with Gasteiger partial charge in [0.05, 0.1) is 6.54 Å². The van der Waals surface area contributed by atoms with E-state index in [9.17, 15) is 4.79 Å². The van der Waals surface area contributed by atoms with Crippen LogP contribution < -0.4 is 24.3 Å². The van der Waals surface area contributed by atoms with Crippen molar-refractivity contribution in [1.29, 1.82) is 0 Å². The summed E-state index contributed by atoms with van der Waals surface area (Å²) in [4.78, 5) is 20.1. The zero-order valence-electron chi connectivity index (χ0n) is 24.7. The third kappa shape index (κ3) is 6.95. The number of thiazole rings is 1. The van der Waals surface area contributed by atoms with Crippen LogP contribution in [-0.4, -0.2) is 35.9 Å². The summed E-state index contributed by atoms with van der Waals surface area (Å²) in [5.74, 6) is 3.01. The number of amides is 1. The molecule has 0 atom stereocenters.